The van der Waals surface area contributed by atoms with E-state index in [4.69, 9.17) is 0 Å². The zero-order valence-corrected chi connectivity index (χ0v) is 37.8. The maximum Gasteiger partial charge on any atom is 0.252 e. The van der Waals surface area contributed by atoms with Crippen molar-refractivity contribution in [3.63, 3.8) is 0 Å². The van der Waals surface area contributed by atoms with Gasteiger partial charge in [0.15, 0.2) is 0 Å². The number of hydrogen-bond acceptors (Lipinski definition) is 2. The summed E-state index contributed by atoms with van der Waals surface area (Å²) in [7, 11) is 0. The Morgan fingerprint density at radius 3 is 1.06 bits per heavy atom. The first-order valence-electron chi connectivity index (χ1n) is 25.6. The van der Waals surface area contributed by atoms with Crippen LogP contribution in [0.2, 0.25) is 0 Å². The molecule has 2 heterocycles. The van der Waals surface area contributed by atoms with Gasteiger partial charge in [0, 0.05) is 34.1 Å². The fourth-order valence-corrected chi connectivity index (χ4v) is 12.9. The van der Waals surface area contributed by atoms with E-state index >= 15 is 0 Å². The first-order chi connectivity index (χ1) is 31.2. The Hall–Kier alpha value is -5.02. The summed E-state index contributed by atoms with van der Waals surface area (Å²) >= 11 is 0. The molecule has 318 valence electrons. The fraction of sp³-hybridized carbons (Fsp3) is 0.400. The van der Waals surface area contributed by atoms with Gasteiger partial charge < -0.3 is 9.80 Å². The van der Waals surface area contributed by atoms with Crippen LogP contribution in [0, 0.1) is 0 Å². The maximum atomic E-state index is 2.76. The van der Waals surface area contributed by atoms with Crippen LogP contribution < -0.4 is 26.2 Å². The summed E-state index contributed by atoms with van der Waals surface area (Å²) in [6.45, 7) is 0.164. The third kappa shape index (κ3) is 7.36. The summed E-state index contributed by atoms with van der Waals surface area (Å²) in [5, 5.41) is 0. The van der Waals surface area contributed by atoms with Crippen molar-refractivity contribution >= 4 is 57.2 Å². The summed E-state index contributed by atoms with van der Waals surface area (Å²) in [5.74, 6) is 0. The molecule has 0 amide bonds. The molecule has 0 unspecified atom stereocenters. The largest absolute Gasteiger partial charge is 0.311 e. The van der Waals surface area contributed by atoms with Gasteiger partial charge in [-0.15, -0.1) is 0 Å². The van der Waals surface area contributed by atoms with E-state index in [1.807, 2.05) is 0 Å². The molecule has 0 bridgehead atoms. The van der Waals surface area contributed by atoms with E-state index in [1.54, 1.807) is 44.5 Å². The van der Waals surface area contributed by atoms with Crippen LogP contribution in [0.5, 0.6) is 0 Å². The summed E-state index contributed by atoms with van der Waals surface area (Å²) in [5.41, 5.74) is 28.0. The smallest absolute Gasteiger partial charge is 0.252 e. The van der Waals surface area contributed by atoms with Crippen molar-refractivity contribution in [2.75, 3.05) is 9.80 Å². The Balaban J connectivity index is 1.17. The lowest BCUT2D eigenvalue weighted by Crippen LogP contribution is -2.61. The van der Waals surface area contributed by atoms with E-state index in [0.717, 1.165) is 0 Å². The molecule has 0 fully saturated rings. The van der Waals surface area contributed by atoms with Gasteiger partial charge in [0.1, 0.15) is 0 Å². The lowest BCUT2D eigenvalue weighted by molar-refractivity contribution is 0.617. The molecule has 0 aromatic heterocycles. The van der Waals surface area contributed by atoms with Gasteiger partial charge in [-0.2, -0.15) is 0 Å². The monoisotopic (exact) mass is 825 g/mol. The molecule has 12 rings (SSSR count). The molecule has 0 N–H and O–H groups in total. The van der Waals surface area contributed by atoms with Crippen LogP contribution in [0.15, 0.2) is 103 Å². The van der Waals surface area contributed by atoms with Gasteiger partial charge in [0.05, 0.1) is 0 Å². The summed E-state index contributed by atoms with van der Waals surface area (Å²) in [4.78, 5) is 5.51. The second-order valence-corrected chi connectivity index (χ2v) is 20.3. The predicted octanol–water partition coefficient (Wildman–Crippen LogP) is 14.1. The molecule has 63 heavy (non-hydrogen) atoms. The van der Waals surface area contributed by atoms with Crippen LogP contribution in [0.1, 0.15) is 147 Å². The van der Waals surface area contributed by atoms with Gasteiger partial charge >= 0.3 is 0 Å². The Kier molecular flexibility index (Phi) is 10.8. The number of rotatable bonds is 3. The van der Waals surface area contributed by atoms with Crippen LogP contribution in [-0.4, -0.2) is 6.71 Å². The third-order valence-electron chi connectivity index (χ3n) is 16.3. The Morgan fingerprint density at radius 2 is 0.651 bits per heavy atom. The van der Waals surface area contributed by atoms with Crippen molar-refractivity contribution in [1.82, 2.24) is 0 Å². The summed E-state index contributed by atoms with van der Waals surface area (Å²) in [6, 6.07) is 42.6. The minimum atomic E-state index is 0.164. The highest BCUT2D eigenvalue weighted by atomic mass is 15.2. The molecule has 0 atom stereocenters. The van der Waals surface area contributed by atoms with E-state index in [-0.39, 0.29) is 6.71 Å². The average Bonchev–Trinajstić information content (AvgIpc) is 3.27. The average molecular weight is 825 g/mol. The first kappa shape index (κ1) is 39.6. The van der Waals surface area contributed by atoms with Crippen molar-refractivity contribution < 1.29 is 0 Å². The van der Waals surface area contributed by atoms with E-state index in [0.29, 0.717) is 0 Å². The van der Waals surface area contributed by atoms with Gasteiger partial charge in [-0.25, -0.2) is 0 Å². The molecule has 4 aliphatic carbocycles. The van der Waals surface area contributed by atoms with Crippen molar-refractivity contribution in [2.24, 2.45) is 0 Å². The Labute approximate surface area is 378 Å². The quantitative estimate of drug-likeness (QED) is 0.164. The van der Waals surface area contributed by atoms with Crippen molar-refractivity contribution in [2.45, 2.75) is 154 Å². The number of hydrogen-bond donors (Lipinski definition) is 0. The molecule has 3 heteroatoms. The summed E-state index contributed by atoms with van der Waals surface area (Å²) in [6.07, 6.45) is 30.7. The third-order valence-corrected chi connectivity index (χ3v) is 16.3. The number of benzene rings is 6. The number of anilines is 6. The standard InChI is InChI=1S/C60H65BN2/c1-3-12-24-45-34-52(32-30-43(45)22-10-1)62-56-38-49-28-16-7-5-14-26-47(49)36-54(56)61-55-37-48-27-15-6-8-17-29-50(48)39-57(55)63(53-33-31-44-23-11-2-4-13-25-46(44)35-53)59-41-51(40-58(62)60(59)61)42-20-18-9-19-21-42/h9,18-21,30-41H,1-8,10-17,22-29H2. The van der Waals surface area contributed by atoms with E-state index in [1.165, 1.54) is 216 Å². The number of fused-ring (bicyclic) bond motifs is 8. The Bertz CT molecular complexity index is 2510. The van der Waals surface area contributed by atoms with Crippen LogP contribution in [0.4, 0.5) is 34.1 Å². The predicted molar refractivity (Wildman–Crippen MR) is 269 cm³/mol. The lowest BCUT2D eigenvalue weighted by Gasteiger charge is -2.45. The molecule has 0 saturated heterocycles. The highest BCUT2D eigenvalue weighted by Gasteiger charge is 2.45. The van der Waals surface area contributed by atoms with Gasteiger partial charge in [0.25, 0.3) is 6.71 Å². The molecule has 0 radical (unpaired) electrons. The normalized spacial score (nSPS) is 18.4. The Morgan fingerprint density at radius 1 is 0.286 bits per heavy atom. The lowest BCUT2D eigenvalue weighted by atomic mass is 9.33. The van der Waals surface area contributed by atoms with Crippen LogP contribution in [-0.2, 0) is 51.4 Å². The van der Waals surface area contributed by atoms with Crippen LogP contribution in [0.25, 0.3) is 11.1 Å². The van der Waals surface area contributed by atoms with Crippen molar-refractivity contribution in [1.29, 1.82) is 0 Å². The van der Waals surface area contributed by atoms with E-state index in [9.17, 15) is 0 Å². The van der Waals surface area contributed by atoms with Gasteiger partial charge in [-0.1, -0.05) is 106 Å². The molecule has 2 nitrogen and oxygen atoms in total. The molecule has 6 aromatic rings. The molecule has 0 saturated carbocycles. The molecule has 2 aliphatic heterocycles. The minimum absolute atomic E-state index is 0.164. The fourth-order valence-electron chi connectivity index (χ4n) is 12.9. The number of aryl methyl sites for hydroxylation is 8. The molecular weight excluding hydrogens is 759 g/mol. The van der Waals surface area contributed by atoms with Crippen LogP contribution in [0.3, 0.4) is 0 Å². The molecular formula is C60H65BN2. The van der Waals surface area contributed by atoms with E-state index < -0.39 is 0 Å². The maximum absolute atomic E-state index is 2.76. The topological polar surface area (TPSA) is 6.48 Å². The zero-order chi connectivity index (χ0) is 41.7. The highest BCUT2D eigenvalue weighted by molar-refractivity contribution is 7.00. The zero-order valence-electron chi connectivity index (χ0n) is 37.8. The second kappa shape index (κ2) is 17.2. The second-order valence-electron chi connectivity index (χ2n) is 20.3. The minimum Gasteiger partial charge on any atom is -0.311 e. The van der Waals surface area contributed by atoms with E-state index in [2.05, 4.69) is 113 Å². The molecule has 0 spiro atoms. The highest BCUT2D eigenvalue weighted by Crippen LogP contribution is 2.48. The molecule has 6 aromatic carbocycles. The van der Waals surface area contributed by atoms with Crippen molar-refractivity contribution in [3.05, 3.63) is 148 Å². The van der Waals surface area contributed by atoms with Gasteiger partial charge in [0.2, 0.25) is 0 Å². The van der Waals surface area contributed by atoms with Crippen LogP contribution >= 0.6 is 0 Å². The van der Waals surface area contributed by atoms with Gasteiger partial charge in [-0.3, -0.25) is 0 Å². The van der Waals surface area contributed by atoms with Crippen molar-refractivity contribution in [3.8, 4) is 11.1 Å². The molecule has 6 aliphatic rings. The summed E-state index contributed by atoms with van der Waals surface area (Å²) < 4.78 is 0. The van der Waals surface area contributed by atoms with Gasteiger partial charge in [-0.05, 0) is 223 Å². The number of nitrogens with zero attached hydrogens (tertiary/aromatic N) is 2. The SMILES string of the molecule is c1ccc(-c2cc3c4c(c2)N(c2ccc5c(c2)CCCCCC5)c2cc5c(cc2B4c2cc4c(cc2N3c2ccc3c(c2)CCCCCC3)CCCCCC4)CCCCCC5)cc1. The first-order valence-corrected chi connectivity index (χ1v) is 25.6.